The summed E-state index contributed by atoms with van der Waals surface area (Å²) in [6.45, 7) is 4.64. The Hall–Kier alpha value is -1.27. The molecule has 1 heterocycles. The monoisotopic (exact) mass is 332 g/mol. The fourth-order valence-electron chi connectivity index (χ4n) is 2.43. The first-order valence-electron chi connectivity index (χ1n) is 7.95. The van der Waals surface area contributed by atoms with E-state index in [-0.39, 0.29) is 31.2 Å². The van der Waals surface area contributed by atoms with Crippen molar-refractivity contribution in [3.05, 3.63) is 29.3 Å². The highest BCUT2D eigenvalue weighted by Crippen LogP contribution is 2.38. The number of hydrogen-bond donors (Lipinski definition) is 0. The Kier molecular flexibility index (Phi) is 6.30. The summed E-state index contributed by atoms with van der Waals surface area (Å²) < 4.78 is 55.6. The second kappa shape index (κ2) is 8.02. The minimum absolute atomic E-state index is 0.0249. The van der Waals surface area contributed by atoms with Gasteiger partial charge in [0.2, 0.25) is 0 Å². The average Bonchev–Trinajstić information content (AvgIpc) is 2.51. The van der Waals surface area contributed by atoms with Crippen molar-refractivity contribution in [2.75, 3.05) is 19.8 Å². The van der Waals surface area contributed by atoms with Crippen LogP contribution in [0.4, 0.5) is 13.2 Å². The topological polar surface area (TPSA) is 27.7 Å². The van der Waals surface area contributed by atoms with Gasteiger partial charge < -0.3 is 14.2 Å². The second-order valence-electron chi connectivity index (χ2n) is 5.92. The van der Waals surface area contributed by atoms with Crippen LogP contribution in [-0.2, 0) is 15.7 Å². The second-order valence-corrected chi connectivity index (χ2v) is 5.92. The van der Waals surface area contributed by atoms with E-state index in [0.717, 1.165) is 25.3 Å². The summed E-state index contributed by atoms with van der Waals surface area (Å²) >= 11 is 0. The number of halogens is 3. The predicted octanol–water partition coefficient (Wildman–Crippen LogP) is 4.75. The first kappa shape index (κ1) is 18.1. The lowest BCUT2D eigenvalue weighted by Gasteiger charge is -2.23. The third kappa shape index (κ3) is 5.39. The van der Waals surface area contributed by atoms with E-state index in [0.29, 0.717) is 12.2 Å². The average molecular weight is 332 g/mol. The van der Waals surface area contributed by atoms with Crippen molar-refractivity contribution in [1.82, 2.24) is 0 Å². The maximum atomic E-state index is 13.2. The molecule has 0 spiro atoms. The van der Waals surface area contributed by atoms with Gasteiger partial charge in [-0.1, -0.05) is 19.9 Å². The number of ether oxygens (including phenoxy) is 3. The van der Waals surface area contributed by atoms with Crippen molar-refractivity contribution in [2.45, 2.75) is 51.5 Å². The molecule has 1 atom stereocenters. The highest BCUT2D eigenvalue weighted by Gasteiger charge is 2.34. The van der Waals surface area contributed by atoms with Crippen LogP contribution in [0.1, 0.15) is 50.2 Å². The van der Waals surface area contributed by atoms with Gasteiger partial charge in [-0.05, 0) is 42.9 Å². The van der Waals surface area contributed by atoms with Gasteiger partial charge in [0.1, 0.15) is 12.4 Å². The Balaban J connectivity index is 1.93. The molecule has 1 aromatic rings. The summed E-state index contributed by atoms with van der Waals surface area (Å²) in [5.74, 6) is -0.132. The van der Waals surface area contributed by atoms with Crippen LogP contribution in [0.3, 0.4) is 0 Å². The molecule has 0 N–H and O–H groups in total. The van der Waals surface area contributed by atoms with E-state index in [1.165, 1.54) is 6.07 Å². The van der Waals surface area contributed by atoms with Crippen molar-refractivity contribution in [1.29, 1.82) is 0 Å². The van der Waals surface area contributed by atoms with Crippen LogP contribution >= 0.6 is 0 Å². The van der Waals surface area contributed by atoms with Gasteiger partial charge in [0.25, 0.3) is 0 Å². The molecular formula is C17H23F3O3. The Morgan fingerprint density at radius 3 is 2.61 bits per heavy atom. The zero-order valence-electron chi connectivity index (χ0n) is 13.5. The quantitative estimate of drug-likeness (QED) is 0.704. The van der Waals surface area contributed by atoms with Gasteiger partial charge in [-0.2, -0.15) is 13.2 Å². The zero-order valence-corrected chi connectivity index (χ0v) is 13.5. The van der Waals surface area contributed by atoms with E-state index in [9.17, 15) is 13.2 Å². The van der Waals surface area contributed by atoms with E-state index < -0.39 is 11.7 Å². The van der Waals surface area contributed by atoms with E-state index in [1.54, 1.807) is 6.07 Å². The molecular weight excluding hydrogens is 309 g/mol. The van der Waals surface area contributed by atoms with E-state index in [1.807, 2.05) is 13.8 Å². The zero-order chi connectivity index (χ0) is 16.9. The Morgan fingerprint density at radius 1 is 1.22 bits per heavy atom. The lowest BCUT2D eigenvalue weighted by molar-refractivity contribution is -0.166. The predicted molar refractivity (Wildman–Crippen MR) is 80.6 cm³/mol. The molecule has 1 saturated heterocycles. The summed E-state index contributed by atoms with van der Waals surface area (Å²) in [7, 11) is 0. The van der Waals surface area contributed by atoms with Gasteiger partial charge in [-0.3, -0.25) is 0 Å². The summed E-state index contributed by atoms with van der Waals surface area (Å²) in [6, 6.07) is 4.21. The SMILES string of the molecule is CC(C)c1ccc(OCCOC2CCCCO2)c(C(F)(F)F)c1. The van der Waals surface area contributed by atoms with Crippen molar-refractivity contribution in [2.24, 2.45) is 0 Å². The molecule has 0 amide bonds. The van der Waals surface area contributed by atoms with Crippen molar-refractivity contribution < 1.29 is 27.4 Å². The van der Waals surface area contributed by atoms with E-state index in [2.05, 4.69) is 0 Å². The fourth-order valence-corrected chi connectivity index (χ4v) is 2.43. The Labute approximate surface area is 134 Å². The van der Waals surface area contributed by atoms with Gasteiger partial charge in [0.05, 0.1) is 12.2 Å². The highest BCUT2D eigenvalue weighted by atomic mass is 19.4. The normalized spacial score (nSPS) is 19.1. The fraction of sp³-hybridized carbons (Fsp3) is 0.647. The first-order chi connectivity index (χ1) is 10.9. The molecule has 1 fully saturated rings. The molecule has 0 aromatic heterocycles. The summed E-state index contributed by atoms with van der Waals surface area (Å²) in [5.41, 5.74) is -0.103. The maximum absolute atomic E-state index is 13.2. The summed E-state index contributed by atoms with van der Waals surface area (Å²) in [5, 5.41) is 0. The molecule has 3 nitrogen and oxygen atoms in total. The van der Waals surface area contributed by atoms with Crippen LogP contribution in [0.25, 0.3) is 0 Å². The molecule has 130 valence electrons. The molecule has 0 radical (unpaired) electrons. The standard InChI is InChI=1S/C17H23F3O3/c1-12(2)13-6-7-15(14(11-13)17(18,19)20)21-9-10-23-16-5-3-4-8-22-16/h6-7,11-12,16H,3-5,8-10H2,1-2H3. The minimum Gasteiger partial charge on any atom is -0.491 e. The molecule has 0 saturated carbocycles. The third-order valence-corrected chi connectivity index (χ3v) is 3.76. The van der Waals surface area contributed by atoms with Gasteiger partial charge in [0.15, 0.2) is 6.29 Å². The van der Waals surface area contributed by atoms with Crippen molar-refractivity contribution in [3.8, 4) is 5.75 Å². The van der Waals surface area contributed by atoms with Crippen LogP contribution in [0, 0.1) is 0 Å². The maximum Gasteiger partial charge on any atom is 0.419 e. The van der Waals surface area contributed by atoms with Crippen LogP contribution in [0.15, 0.2) is 18.2 Å². The number of alkyl halides is 3. The van der Waals surface area contributed by atoms with Crippen LogP contribution in [0.2, 0.25) is 0 Å². The van der Waals surface area contributed by atoms with Gasteiger partial charge in [-0.15, -0.1) is 0 Å². The van der Waals surface area contributed by atoms with E-state index in [4.69, 9.17) is 14.2 Å². The van der Waals surface area contributed by atoms with Crippen LogP contribution in [-0.4, -0.2) is 26.1 Å². The molecule has 6 heteroatoms. The molecule has 23 heavy (non-hydrogen) atoms. The molecule has 1 aliphatic heterocycles. The molecule has 1 unspecified atom stereocenters. The first-order valence-corrected chi connectivity index (χ1v) is 7.95. The minimum atomic E-state index is -4.44. The molecule has 1 aromatic carbocycles. The number of hydrogen-bond acceptors (Lipinski definition) is 3. The molecule has 1 aliphatic rings. The Bertz CT molecular complexity index is 494. The number of rotatable bonds is 6. The summed E-state index contributed by atoms with van der Waals surface area (Å²) in [6.07, 6.45) is -1.82. The van der Waals surface area contributed by atoms with Crippen molar-refractivity contribution >= 4 is 0 Å². The van der Waals surface area contributed by atoms with Crippen LogP contribution < -0.4 is 4.74 Å². The lowest BCUT2D eigenvalue weighted by Crippen LogP contribution is -2.24. The van der Waals surface area contributed by atoms with E-state index >= 15 is 0 Å². The highest BCUT2D eigenvalue weighted by molar-refractivity contribution is 5.40. The number of benzene rings is 1. The van der Waals surface area contributed by atoms with Gasteiger partial charge in [0, 0.05) is 6.61 Å². The largest absolute Gasteiger partial charge is 0.491 e. The van der Waals surface area contributed by atoms with Crippen molar-refractivity contribution in [3.63, 3.8) is 0 Å². The summed E-state index contributed by atoms with van der Waals surface area (Å²) in [4.78, 5) is 0. The van der Waals surface area contributed by atoms with Gasteiger partial charge >= 0.3 is 6.18 Å². The molecule has 0 bridgehead atoms. The van der Waals surface area contributed by atoms with Gasteiger partial charge in [-0.25, -0.2) is 0 Å². The third-order valence-electron chi connectivity index (χ3n) is 3.76. The molecule has 2 rings (SSSR count). The Morgan fingerprint density at radius 2 is 2.00 bits per heavy atom. The lowest BCUT2D eigenvalue weighted by atomic mass is 10.00. The van der Waals surface area contributed by atoms with Crippen LogP contribution in [0.5, 0.6) is 5.75 Å². The molecule has 0 aliphatic carbocycles. The smallest absolute Gasteiger partial charge is 0.419 e.